The summed E-state index contributed by atoms with van der Waals surface area (Å²) in [5, 5.41) is 45.8. The minimum atomic E-state index is -1.62. The number of rotatable bonds is 8. The van der Waals surface area contributed by atoms with Gasteiger partial charge in [0.1, 0.15) is 5.60 Å². The third-order valence-corrected chi connectivity index (χ3v) is 10.8. The predicted octanol–water partition coefficient (Wildman–Crippen LogP) is 1.22. The predicted molar refractivity (Wildman–Crippen MR) is 147 cm³/mol. The number of guanidine groups is 1. The fraction of sp³-hybridized carbons (Fsp3) is 0.793. The number of carboxylic acid groups (broad SMARTS) is 1. The summed E-state index contributed by atoms with van der Waals surface area (Å²) in [6, 6.07) is 0. The molecule has 5 rings (SSSR count). The van der Waals surface area contributed by atoms with E-state index in [-0.39, 0.29) is 48.1 Å². The van der Waals surface area contributed by atoms with Gasteiger partial charge in [-0.1, -0.05) is 13.0 Å². The molecule has 10 nitrogen and oxygen atoms in total. The van der Waals surface area contributed by atoms with E-state index in [1.165, 1.54) is 0 Å². The maximum atomic E-state index is 12.9. The zero-order chi connectivity index (χ0) is 28.0. The summed E-state index contributed by atoms with van der Waals surface area (Å²) in [5.74, 6) is -0.214. The van der Waals surface area contributed by atoms with Gasteiger partial charge in [0, 0.05) is 43.7 Å². The monoisotopic (exact) mass is 546 g/mol. The average Bonchev–Trinajstić information content (AvgIpc) is 3.26. The summed E-state index contributed by atoms with van der Waals surface area (Å²) in [7, 11) is 1.67. The number of nitrogens with two attached hydrogens (primary N) is 1. The molecule has 7 N–H and O–H groups in total. The zero-order valence-electron chi connectivity index (χ0n) is 23.3. The zero-order valence-corrected chi connectivity index (χ0v) is 23.3. The maximum Gasteiger partial charge on any atom is 0.334 e. The van der Waals surface area contributed by atoms with Crippen molar-refractivity contribution >= 4 is 11.9 Å². The lowest BCUT2D eigenvalue weighted by Gasteiger charge is -2.61. The first-order chi connectivity index (χ1) is 18.6. The maximum absolute atomic E-state index is 12.9. The van der Waals surface area contributed by atoms with Gasteiger partial charge in [-0.15, -0.1) is 0 Å². The van der Waals surface area contributed by atoms with Gasteiger partial charge in [0.15, 0.2) is 5.96 Å². The van der Waals surface area contributed by atoms with Crippen molar-refractivity contribution in [2.75, 3.05) is 39.9 Å². The van der Waals surface area contributed by atoms with Crippen LogP contribution in [0.15, 0.2) is 28.4 Å². The molecule has 2 bridgehead atoms. The van der Waals surface area contributed by atoms with Crippen molar-refractivity contribution < 1.29 is 30.0 Å². The van der Waals surface area contributed by atoms with Gasteiger partial charge in [0.2, 0.25) is 0 Å². The molecule has 0 aromatic rings. The summed E-state index contributed by atoms with van der Waals surface area (Å²) in [5.41, 5.74) is 4.80. The molecule has 5 aliphatic rings. The Morgan fingerprint density at radius 1 is 1.31 bits per heavy atom. The summed E-state index contributed by atoms with van der Waals surface area (Å²) in [6.45, 7) is 3.88. The normalized spacial score (nSPS) is 41.9. The Hall–Kier alpha value is -1.98. The van der Waals surface area contributed by atoms with Crippen molar-refractivity contribution in [2.45, 2.75) is 76.1 Å². The van der Waals surface area contributed by atoms with E-state index in [2.05, 4.69) is 23.3 Å². The number of hydrogen-bond acceptors (Lipinski definition) is 7. The average molecular weight is 547 g/mol. The van der Waals surface area contributed by atoms with Crippen LogP contribution in [-0.2, 0) is 9.53 Å². The van der Waals surface area contributed by atoms with Crippen LogP contribution in [0.1, 0.15) is 58.3 Å². The summed E-state index contributed by atoms with van der Waals surface area (Å²) < 4.78 is 6.20. The molecule has 8 atom stereocenters. The summed E-state index contributed by atoms with van der Waals surface area (Å²) in [4.78, 5) is 19.1. The third-order valence-electron chi connectivity index (χ3n) is 10.8. The Bertz CT molecular complexity index is 1050. The molecule has 4 aliphatic carbocycles. The Balaban J connectivity index is 1.58. The van der Waals surface area contributed by atoms with Crippen molar-refractivity contribution in [3.05, 3.63) is 23.4 Å². The van der Waals surface area contributed by atoms with Crippen LogP contribution in [0.2, 0.25) is 0 Å². The van der Waals surface area contributed by atoms with Gasteiger partial charge in [-0.05, 0) is 74.7 Å². The lowest BCUT2D eigenvalue weighted by molar-refractivity contribution is -0.144. The van der Waals surface area contributed by atoms with Crippen LogP contribution in [0, 0.1) is 28.6 Å². The van der Waals surface area contributed by atoms with E-state index in [4.69, 9.17) is 10.5 Å². The molecule has 0 aromatic heterocycles. The van der Waals surface area contributed by atoms with E-state index in [0.717, 1.165) is 37.7 Å². The minimum Gasteiger partial charge on any atom is -0.478 e. The molecule has 39 heavy (non-hydrogen) atoms. The Morgan fingerprint density at radius 2 is 2.10 bits per heavy atom. The number of hydrogen-bond donors (Lipinski definition) is 6. The highest BCUT2D eigenvalue weighted by Crippen LogP contribution is 2.77. The minimum absolute atomic E-state index is 0.0389. The van der Waals surface area contributed by atoms with E-state index in [1.54, 1.807) is 7.05 Å². The molecule has 0 radical (unpaired) electrons. The van der Waals surface area contributed by atoms with Crippen molar-refractivity contribution in [3.63, 3.8) is 0 Å². The summed E-state index contributed by atoms with van der Waals surface area (Å²) in [6.07, 6.45) is 9.33. The smallest absolute Gasteiger partial charge is 0.334 e. The van der Waals surface area contributed by atoms with E-state index in [0.29, 0.717) is 44.9 Å². The van der Waals surface area contributed by atoms with Gasteiger partial charge >= 0.3 is 5.97 Å². The second kappa shape index (κ2) is 10.8. The van der Waals surface area contributed by atoms with Crippen LogP contribution in [0.5, 0.6) is 0 Å². The topological polar surface area (TPSA) is 161 Å². The summed E-state index contributed by atoms with van der Waals surface area (Å²) >= 11 is 0. The van der Waals surface area contributed by atoms with Gasteiger partial charge < -0.3 is 41.1 Å². The molecule has 10 heteroatoms. The third kappa shape index (κ3) is 4.43. The van der Waals surface area contributed by atoms with Gasteiger partial charge in [-0.3, -0.25) is 4.99 Å². The molecular formula is C29H46N4O6. The molecule has 1 heterocycles. The van der Waals surface area contributed by atoms with Gasteiger partial charge in [-0.2, -0.15) is 0 Å². The Morgan fingerprint density at radius 3 is 2.79 bits per heavy atom. The molecular weight excluding hydrogens is 500 g/mol. The van der Waals surface area contributed by atoms with Crippen LogP contribution in [0.3, 0.4) is 0 Å². The second-order valence-electron chi connectivity index (χ2n) is 12.6. The SMILES string of the molecule is CN=C(N)N1C=C[C@H](CNCCO)[C@@]2(C1)[C@@H]1CC[C@@H](C)[C@]23C[C@](O)(CO[C@H]2CCC[C@H](O)C2)C(C(=O)O)=C3C1. The molecule has 0 saturated heterocycles. The molecule has 1 aliphatic heterocycles. The first-order valence-corrected chi connectivity index (χ1v) is 14.6. The van der Waals surface area contributed by atoms with E-state index in [1.807, 2.05) is 11.1 Å². The molecule has 218 valence electrons. The van der Waals surface area contributed by atoms with Gasteiger partial charge in [0.05, 0.1) is 31.0 Å². The molecule has 3 saturated carbocycles. The number of ether oxygens (including phenoxy) is 1. The van der Waals surface area contributed by atoms with Crippen LogP contribution >= 0.6 is 0 Å². The fourth-order valence-electron chi connectivity index (χ4n) is 9.26. The van der Waals surface area contributed by atoms with Crippen LogP contribution in [0.25, 0.3) is 0 Å². The highest BCUT2D eigenvalue weighted by Gasteiger charge is 2.75. The molecule has 0 aromatic carbocycles. The number of nitrogens with zero attached hydrogens (tertiary/aromatic N) is 2. The first-order valence-electron chi connectivity index (χ1n) is 14.6. The number of aliphatic imine (C=N–C) groups is 1. The largest absolute Gasteiger partial charge is 0.478 e. The fourth-order valence-corrected chi connectivity index (χ4v) is 9.26. The highest BCUT2D eigenvalue weighted by molar-refractivity contribution is 5.92. The van der Waals surface area contributed by atoms with E-state index < -0.39 is 23.1 Å². The molecule has 0 amide bonds. The Labute approximate surface area is 231 Å². The quantitative estimate of drug-likeness (QED) is 0.149. The standard InChI is InChI=1S/C29H46N4O6/c1-18-6-7-19-12-23-24(25(36)37)27(38,17-39-22-5-3-4-21(35)13-22)15-28(18,23)29(19)16-33(26(30)31-2)10-8-20(29)14-32-9-11-34/h8,10,18-22,32,34-35,38H,3-7,9,11-17H2,1-2H3,(H2,30,31)(H,36,37)/t18-,19-,20-,21+,22+,27+,28+,29-/m1/s1. The van der Waals surface area contributed by atoms with E-state index in [9.17, 15) is 25.2 Å². The number of aliphatic carboxylic acids is 1. The van der Waals surface area contributed by atoms with Crippen molar-refractivity contribution in [2.24, 2.45) is 39.3 Å². The van der Waals surface area contributed by atoms with Crippen molar-refractivity contribution in [1.29, 1.82) is 0 Å². The highest BCUT2D eigenvalue weighted by atomic mass is 16.5. The van der Waals surface area contributed by atoms with E-state index >= 15 is 0 Å². The van der Waals surface area contributed by atoms with Crippen LogP contribution in [0.4, 0.5) is 0 Å². The molecule has 3 fully saturated rings. The van der Waals surface area contributed by atoms with Crippen molar-refractivity contribution in [3.8, 4) is 0 Å². The van der Waals surface area contributed by atoms with Gasteiger partial charge in [-0.25, -0.2) is 4.79 Å². The number of carboxylic acids is 1. The van der Waals surface area contributed by atoms with Crippen LogP contribution < -0.4 is 11.1 Å². The number of nitrogens with one attached hydrogen (secondary N) is 1. The Kier molecular flexibility index (Phi) is 7.89. The lowest BCUT2D eigenvalue weighted by atomic mass is 9.46. The number of allylic oxidation sites excluding steroid dienone is 1. The number of aliphatic hydroxyl groups excluding tert-OH is 2. The number of carbonyl (C=O) groups is 1. The van der Waals surface area contributed by atoms with Gasteiger partial charge in [0.25, 0.3) is 0 Å². The number of aliphatic hydroxyl groups is 3. The van der Waals surface area contributed by atoms with Crippen molar-refractivity contribution in [1.82, 2.24) is 10.2 Å². The lowest BCUT2D eigenvalue weighted by Crippen LogP contribution is -2.62. The molecule has 2 spiro atoms. The molecule has 0 unspecified atom stereocenters. The van der Waals surface area contributed by atoms with Crippen LogP contribution in [-0.4, -0.2) is 95.0 Å². The second-order valence-corrected chi connectivity index (χ2v) is 12.6. The first kappa shape index (κ1) is 28.5.